The zero-order valence-electron chi connectivity index (χ0n) is 13.7. The first-order valence-corrected chi connectivity index (χ1v) is 8.29. The summed E-state index contributed by atoms with van der Waals surface area (Å²) in [7, 11) is 0. The quantitative estimate of drug-likeness (QED) is 0.860. The normalized spacial score (nSPS) is 19.8. The van der Waals surface area contributed by atoms with E-state index in [1.54, 1.807) is 12.1 Å². The van der Waals surface area contributed by atoms with Crippen LogP contribution in [0.5, 0.6) is 0 Å². The molecule has 0 aliphatic carbocycles. The number of benzene rings is 1. The predicted molar refractivity (Wildman–Crippen MR) is 88.0 cm³/mol. The third-order valence-electron chi connectivity index (χ3n) is 4.74. The fourth-order valence-electron chi connectivity index (χ4n) is 3.42. The van der Waals surface area contributed by atoms with E-state index in [0.717, 1.165) is 0 Å². The number of likely N-dealkylation sites (tertiary alicyclic amines) is 1. The second-order valence-corrected chi connectivity index (χ2v) is 6.40. The van der Waals surface area contributed by atoms with E-state index in [-0.39, 0.29) is 37.2 Å². The maximum atomic E-state index is 14.6. The number of piperidine rings is 1. The molecule has 7 nitrogen and oxygen atoms in total. The number of carboxylic acids is 1. The van der Waals surface area contributed by atoms with Gasteiger partial charge in [0.2, 0.25) is 5.91 Å². The van der Waals surface area contributed by atoms with Crippen LogP contribution in [0.15, 0.2) is 18.2 Å². The van der Waals surface area contributed by atoms with E-state index < -0.39 is 12.0 Å². The number of amides is 3. The molecule has 0 spiro atoms. The lowest BCUT2D eigenvalue weighted by molar-refractivity contribution is -0.138. The molecule has 0 saturated carbocycles. The van der Waals surface area contributed by atoms with Crippen LogP contribution in [0.1, 0.15) is 30.7 Å². The van der Waals surface area contributed by atoms with Crippen molar-refractivity contribution in [3.63, 3.8) is 0 Å². The van der Waals surface area contributed by atoms with Gasteiger partial charge in [0.05, 0.1) is 6.54 Å². The van der Waals surface area contributed by atoms with E-state index in [4.69, 9.17) is 5.11 Å². The van der Waals surface area contributed by atoms with E-state index in [9.17, 15) is 18.8 Å². The van der Waals surface area contributed by atoms with Crippen LogP contribution in [-0.2, 0) is 9.59 Å². The van der Waals surface area contributed by atoms with Crippen LogP contribution < -0.4 is 10.2 Å². The SMILES string of the molecule is O=C(O)CN1CCC(c2ccc(N3CCC(=O)NC3=O)cc2F)CC1. The van der Waals surface area contributed by atoms with Crippen molar-refractivity contribution in [3.05, 3.63) is 29.6 Å². The minimum Gasteiger partial charge on any atom is -0.480 e. The fraction of sp³-hybridized carbons (Fsp3) is 0.471. The van der Waals surface area contributed by atoms with Crippen LogP contribution in [0.4, 0.5) is 14.9 Å². The average molecular weight is 349 g/mol. The number of nitrogens with zero attached hydrogens (tertiary/aromatic N) is 2. The topological polar surface area (TPSA) is 89.9 Å². The molecule has 1 aromatic rings. The van der Waals surface area contributed by atoms with Gasteiger partial charge in [0.25, 0.3) is 0 Å². The minimum atomic E-state index is -0.854. The minimum absolute atomic E-state index is 0.0108. The predicted octanol–water partition coefficient (Wildman–Crippen LogP) is 1.54. The first-order chi connectivity index (χ1) is 11.9. The molecule has 2 saturated heterocycles. The molecule has 2 heterocycles. The molecular weight excluding hydrogens is 329 g/mol. The number of carboxylic acid groups (broad SMARTS) is 1. The maximum Gasteiger partial charge on any atom is 0.328 e. The molecule has 3 rings (SSSR count). The Kier molecular flexibility index (Phi) is 4.98. The van der Waals surface area contributed by atoms with Crippen molar-refractivity contribution in [3.8, 4) is 0 Å². The number of urea groups is 1. The Morgan fingerprint density at radius 3 is 2.56 bits per heavy atom. The highest BCUT2D eigenvalue weighted by Gasteiger charge is 2.27. The molecule has 3 amide bonds. The van der Waals surface area contributed by atoms with Gasteiger partial charge in [0.1, 0.15) is 5.82 Å². The second-order valence-electron chi connectivity index (χ2n) is 6.40. The van der Waals surface area contributed by atoms with Crippen molar-refractivity contribution in [2.75, 3.05) is 31.1 Å². The highest BCUT2D eigenvalue weighted by Crippen LogP contribution is 2.32. The highest BCUT2D eigenvalue weighted by molar-refractivity contribution is 6.05. The molecule has 0 unspecified atom stereocenters. The molecule has 2 N–H and O–H groups in total. The van der Waals surface area contributed by atoms with E-state index in [1.807, 2.05) is 4.90 Å². The maximum absolute atomic E-state index is 14.6. The zero-order chi connectivity index (χ0) is 18.0. The van der Waals surface area contributed by atoms with Gasteiger partial charge in [0.15, 0.2) is 0 Å². The second kappa shape index (κ2) is 7.18. The van der Waals surface area contributed by atoms with Gasteiger partial charge < -0.3 is 5.11 Å². The monoisotopic (exact) mass is 349 g/mol. The molecule has 0 bridgehead atoms. The van der Waals surface area contributed by atoms with Gasteiger partial charge in [-0.05, 0) is 49.5 Å². The third-order valence-corrected chi connectivity index (χ3v) is 4.74. The molecule has 8 heteroatoms. The van der Waals surface area contributed by atoms with Crippen LogP contribution in [0, 0.1) is 5.82 Å². The lowest BCUT2D eigenvalue weighted by Gasteiger charge is -2.31. The van der Waals surface area contributed by atoms with Crippen molar-refractivity contribution < 1.29 is 23.9 Å². The van der Waals surface area contributed by atoms with Crippen molar-refractivity contribution in [2.24, 2.45) is 0 Å². The Morgan fingerprint density at radius 1 is 1.24 bits per heavy atom. The van der Waals surface area contributed by atoms with Crippen LogP contribution >= 0.6 is 0 Å². The number of hydrogen-bond donors (Lipinski definition) is 2. The summed E-state index contributed by atoms with van der Waals surface area (Å²) in [5.74, 6) is -1.52. The third kappa shape index (κ3) is 3.96. The highest BCUT2D eigenvalue weighted by atomic mass is 19.1. The molecular formula is C17H20FN3O4. The summed E-state index contributed by atoms with van der Waals surface area (Å²) in [6.45, 7) is 1.48. The van der Waals surface area contributed by atoms with E-state index >= 15 is 0 Å². The number of carbonyl (C=O) groups is 3. The van der Waals surface area contributed by atoms with Gasteiger partial charge in [-0.15, -0.1) is 0 Å². The molecule has 2 aliphatic rings. The molecule has 1 aromatic carbocycles. The Balaban J connectivity index is 1.68. The Hall–Kier alpha value is -2.48. The van der Waals surface area contributed by atoms with Crippen molar-refractivity contribution in [1.82, 2.24) is 10.2 Å². The molecule has 134 valence electrons. The number of anilines is 1. The van der Waals surface area contributed by atoms with Crippen molar-refractivity contribution in [1.29, 1.82) is 0 Å². The number of hydrogen-bond acceptors (Lipinski definition) is 4. The number of rotatable bonds is 4. The number of imide groups is 1. The zero-order valence-corrected chi connectivity index (χ0v) is 13.7. The summed E-state index contributed by atoms with van der Waals surface area (Å²) in [5, 5.41) is 11.0. The number of aliphatic carboxylic acids is 1. The van der Waals surface area contributed by atoms with Gasteiger partial charge >= 0.3 is 12.0 Å². The standard InChI is InChI=1S/C17H20FN3O4/c18-14-9-12(21-8-5-15(22)19-17(21)25)1-2-13(14)11-3-6-20(7-4-11)10-16(23)24/h1-2,9,11H,3-8,10H2,(H,23,24)(H,19,22,25). The Morgan fingerprint density at radius 2 is 1.96 bits per heavy atom. The van der Waals surface area contributed by atoms with Gasteiger partial charge in [-0.3, -0.25) is 24.7 Å². The summed E-state index contributed by atoms with van der Waals surface area (Å²) < 4.78 is 14.6. The Bertz CT molecular complexity index is 701. The first kappa shape index (κ1) is 17.3. The van der Waals surface area contributed by atoms with Gasteiger partial charge in [0, 0.05) is 18.7 Å². The molecule has 2 aliphatic heterocycles. The van der Waals surface area contributed by atoms with E-state index in [2.05, 4.69) is 5.32 Å². The number of nitrogens with one attached hydrogen (secondary N) is 1. The van der Waals surface area contributed by atoms with E-state index in [1.165, 1.54) is 11.0 Å². The van der Waals surface area contributed by atoms with Crippen LogP contribution in [0.3, 0.4) is 0 Å². The van der Waals surface area contributed by atoms with Crippen molar-refractivity contribution >= 4 is 23.6 Å². The Labute approximate surface area is 144 Å². The van der Waals surface area contributed by atoms with Crippen LogP contribution in [0.2, 0.25) is 0 Å². The van der Waals surface area contributed by atoms with Crippen molar-refractivity contribution in [2.45, 2.75) is 25.2 Å². The summed E-state index contributed by atoms with van der Waals surface area (Å²) in [5.41, 5.74) is 1.02. The summed E-state index contributed by atoms with van der Waals surface area (Å²) in [6.07, 6.45) is 1.58. The molecule has 2 fully saturated rings. The lowest BCUT2D eigenvalue weighted by atomic mass is 9.89. The number of halogens is 1. The van der Waals surface area contributed by atoms with Gasteiger partial charge in [-0.2, -0.15) is 0 Å². The molecule has 25 heavy (non-hydrogen) atoms. The summed E-state index contributed by atoms with van der Waals surface area (Å²) in [4.78, 5) is 37.0. The smallest absolute Gasteiger partial charge is 0.328 e. The largest absolute Gasteiger partial charge is 0.480 e. The van der Waals surface area contributed by atoms with E-state index in [0.29, 0.717) is 37.2 Å². The number of carbonyl (C=O) groups excluding carboxylic acids is 2. The molecule has 0 aromatic heterocycles. The molecule has 0 radical (unpaired) electrons. The molecule has 0 atom stereocenters. The fourth-order valence-corrected chi connectivity index (χ4v) is 3.42. The lowest BCUT2D eigenvalue weighted by Crippen LogP contribution is -2.49. The summed E-state index contributed by atoms with van der Waals surface area (Å²) >= 11 is 0. The van der Waals surface area contributed by atoms with Gasteiger partial charge in [-0.25, -0.2) is 9.18 Å². The summed E-state index contributed by atoms with van der Waals surface area (Å²) in [6, 6.07) is 4.17. The first-order valence-electron chi connectivity index (χ1n) is 8.29. The van der Waals surface area contributed by atoms with Crippen LogP contribution in [-0.4, -0.2) is 54.1 Å². The van der Waals surface area contributed by atoms with Gasteiger partial charge in [-0.1, -0.05) is 6.07 Å². The average Bonchev–Trinajstić information content (AvgIpc) is 2.55. The van der Waals surface area contributed by atoms with Crippen LogP contribution in [0.25, 0.3) is 0 Å².